The number of para-hydroxylation sites is 1. The number of quaternary nitrogens is 1. The summed E-state index contributed by atoms with van der Waals surface area (Å²) >= 11 is 0. The van der Waals surface area contributed by atoms with Crippen LogP contribution in [0.25, 0.3) is 5.69 Å². The number of rotatable bonds is 11. The highest BCUT2D eigenvalue weighted by atomic mass is 16.5. The van der Waals surface area contributed by atoms with Crippen molar-refractivity contribution in [1.82, 2.24) is 25.6 Å². The van der Waals surface area contributed by atoms with Gasteiger partial charge in [0.1, 0.15) is 6.04 Å². The second kappa shape index (κ2) is 11.2. The number of amides is 2. The van der Waals surface area contributed by atoms with Gasteiger partial charge in [-0.2, -0.15) is 0 Å². The molecule has 0 aliphatic carbocycles. The quantitative estimate of drug-likeness (QED) is 0.305. The van der Waals surface area contributed by atoms with Crippen LogP contribution in [0.1, 0.15) is 29.8 Å². The highest BCUT2D eigenvalue weighted by Crippen LogP contribution is 2.06. The summed E-state index contributed by atoms with van der Waals surface area (Å²) in [6.07, 6.45) is 3.26. The summed E-state index contributed by atoms with van der Waals surface area (Å²) in [6.45, 7) is 0.672. The lowest BCUT2D eigenvalue weighted by atomic mass is 10.1. The number of likely N-dealkylation sites (N-methyl/N-ethyl adjacent to an activating group) is 1. The first-order valence-electron chi connectivity index (χ1n) is 10.1. The van der Waals surface area contributed by atoms with Crippen molar-refractivity contribution in [2.24, 2.45) is 0 Å². The smallest absolute Gasteiger partial charge is 0.328 e. The number of ether oxygens (including phenoxy) is 1. The molecule has 2 rings (SSSR count). The third-order valence-electron chi connectivity index (χ3n) is 4.39. The second-order valence-corrected chi connectivity index (χ2v) is 8.23. The number of nitrogens with one attached hydrogen (secondary N) is 2. The third kappa shape index (κ3) is 8.17. The number of hydrogen-bond donors (Lipinski definition) is 2. The molecule has 1 unspecified atom stereocenters. The van der Waals surface area contributed by atoms with E-state index in [0.717, 1.165) is 5.69 Å². The van der Waals surface area contributed by atoms with Crippen LogP contribution in [0.15, 0.2) is 36.5 Å². The van der Waals surface area contributed by atoms with Gasteiger partial charge in [0.05, 0.1) is 40.1 Å². The molecule has 10 heteroatoms. The summed E-state index contributed by atoms with van der Waals surface area (Å²) in [4.78, 5) is 36.3. The van der Waals surface area contributed by atoms with Gasteiger partial charge in [-0.25, -0.2) is 9.48 Å². The number of aromatic nitrogens is 3. The average Bonchev–Trinajstić information content (AvgIpc) is 3.21. The van der Waals surface area contributed by atoms with Crippen molar-refractivity contribution in [2.75, 3.05) is 41.3 Å². The van der Waals surface area contributed by atoms with Crippen LogP contribution >= 0.6 is 0 Å². The van der Waals surface area contributed by atoms with Crippen LogP contribution in [-0.4, -0.2) is 84.6 Å². The van der Waals surface area contributed by atoms with Gasteiger partial charge in [0.25, 0.3) is 11.8 Å². The summed E-state index contributed by atoms with van der Waals surface area (Å²) in [7, 11) is 6.99. The zero-order valence-electron chi connectivity index (χ0n) is 18.5. The van der Waals surface area contributed by atoms with Crippen LogP contribution in [0.4, 0.5) is 0 Å². The number of hydrogen-bond acceptors (Lipinski definition) is 6. The number of nitrogens with zero attached hydrogens (tertiary/aromatic N) is 4. The monoisotopic (exact) mass is 431 g/mol. The molecule has 10 nitrogen and oxygen atoms in total. The maximum Gasteiger partial charge on any atom is 0.328 e. The lowest BCUT2D eigenvalue weighted by Gasteiger charge is -2.24. The molecule has 0 aliphatic rings. The molecule has 1 atom stereocenters. The Kier molecular flexibility index (Phi) is 8.68. The van der Waals surface area contributed by atoms with E-state index in [2.05, 4.69) is 20.9 Å². The Balaban J connectivity index is 1.76. The van der Waals surface area contributed by atoms with Crippen LogP contribution in [0.3, 0.4) is 0 Å². The van der Waals surface area contributed by atoms with Crippen LogP contribution in [0.5, 0.6) is 0 Å². The molecule has 31 heavy (non-hydrogen) atoms. The number of methoxy groups -OCH3 is 1. The highest BCUT2D eigenvalue weighted by molar-refractivity contribution is 5.91. The van der Waals surface area contributed by atoms with E-state index in [-0.39, 0.29) is 24.1 Å². The second-order valence-electron chi connectivity index (χ2n) is 8.23. The van der Waals surface area contributed by atoms with Gasteiger partial charge < -0.3 is 19.9 Å². The van der Waals surface area contributed by atoms with E-state index in [1.54, 1.807) is 6.20 Å². The minimum atomic E-state index is -0.703. The van der Waals surface area contributed by atoms with Crippen molar-refractivity contribution < 1.29 is 23.6 Å². The Hall–Kier alpha value is -3.27. The molecular formula is C21H31N6O4+. The standard InChI is InChI=1S/C21H30N6O4/c1-27(2,3)15-19(28)23-17(21(30)31-4)12-8-9-13-22-20(29)18-14-26(25-24-18)16-10-6-5-7-11-16/h5-7,10-11,14,17H,8-9,12-13,15H2,1-4H3,(H-,22,23,28,29)/p+1. The molecule has 2 N–H and O–H groups in total. The molecule has 0 saturated carbocycles. The van der Waals surface area contributed by atoms with Crippen molar-refractivity contribution >= 4 is 17.8 Å². The molecule has 0 radical (unpaired) electrons. The van der Waals surface area contributed by atoms with E-state index in [4.69, 9.17) is 4.74 Å². The molecule has 0 aliphatic heterocycles. The molecule has 0 saturated heterocycles. The Labute approximate surface area is 182 Å². The SMILES string of the molecule is COC(=O)C(CCCCNC(=O)c1cn(-c2ccccc2)nn1)NC(=O)C[N+](C)(C)C. The van der Waals surface area contributed by atoms with E-state index >= 15 is 0 Å². The third-order valence-corrected chi connectivity index (χ3v) is 4.39. The van der Waals surface area contributed by atoms with Gasteiger partial charge in [-0.05, 0) is 31.4 Å². The number of carbonyl (C=O) groups is 3. The van der Waals surface area contributed by atoms with Crippen LogP contribution < -0.4 is 10.6 Å². The van der Waals surface area contributed by atoms with E-state index in [0.29, 0.717) is 30.3 Å². The molecule has 168 valence electrons. The summed E-state index contributed by atoms with van der Waals surface area (Å²) < 4.78 is 6.78. The Morgan fingerprint density at radius 1 is 1.13 bits per heavy atom. The fourth-order valence-corrected chi connectivity index (χ4v) is 2.90. The minimum absolute atomic E-state index is 0.210. The summed E-state index contributed by atoms with van der Waals surface area (Å²) in [5.74, 6) is -1.00. The van der Waals surface area contributed by atoms with Crippen LogP contribution in [0, 0.1) is 0 Å². The van der Waals surface area contributed by atoms with Crippen molar-refractivity contribution in [3.05, 3.63) is 42.2 Å². The fraction of sp³-hybridized carbons (Fsp3) is 0.476. The van der Waals surface area contributed by atoms with Crippen molar-refractivity contribution in [1.29, 1.82) is 0 Å². The largest absolute Gasteiger partial charge is 0.467 e. The first kappa shape index (κ1) is 24.0. The molecule has 1 heterocycles. The Morgan fingerprint density at radius 2 is 1.84 bits per heavy atom. The van der Waals surface area contributed by atoms with Crippen LogP contribution in [0.2, 0.25) is 0 Å². The fourth-order valence-electron chi connectivity index (χ4n) is 2.90. The van der Waals surface area contributed by atoms with Crippen molar-refractivity contribution in [3.63, 3.8) is 0 Å². The van der Waals surface area contributed by atoms with Crippen molar-refractivity contribution in [3.8, 4) is 5.69 Å². The topological polar surface area (TPSA) is 115 Å². The predicted octanol–water partition coefficient (Wildman–Crippen LogP) is 0.531. The average molecular weight is 432 g/mol. The van der Waals surface area contributed by atoms with E-state index < -0.39 is 12.0 Å². The first-order chi connectivity index (χ1) is 14.7. The lowest BCUT2D eigenvalue weighted by Crippen LogP contribution is -2.49. The van der Waals surface area contributed by atoms with Gasteiger partial charge in [-0.3, -0.25) is 9.59 Å². The Bertz CT molecular complexity index is 875. The van der Waals surface area contributed by atoms with Gasteiger partial charge >= 0.3 is 5.97 Å². The molecule has 1 aromatic heterocycles. The molecule has 1 aromatic carbocycles. The van der Waals surface area contributed by atoms with E-state index in [1.165, 1.54) is 11.8 Å². The van der Waals surface area contributed by atoms with E-state index in [9.17, 15) is 14.4 Å². The molecule has 0 bridgehead atoms. The first-order valence-corrected chi connectivity index (χ1v) is 10.1. The number of esters is 1. The lowest BCUT2D eigenvalue weighted by molar-refractivity contribution is -0.862. The van der Waals surface area contributed by atoms with Gasteiger partial charge in [-0.1, -0.05) is 23.4 Å². The maximum absolute atomic E-state index is 12.3. The number of benzene rings is 1. The highest BCUT2D eigenvalue weighted by Gasteiger charge is 2.24. The predicted molar refractivity (Wildman–Crippen MR) is 114 cm³/mol. The summed E-state index contributed by atoms with van der Waals surface area (Å²) in [5.41, 5.74) is 1.04. The van der Waals surface area contributed by atoms with Crippen molar-refractivity contribution in [2.45, 2.75) is 25.3 Å². The minimum Gasteiger partial charge on any atom is -0.467 e. The molecule has 2 aromatic rings. The summed E-state index contributed by atoms with van der Waals surface area (Å²) in [6, 6.07) is 8.69. The van der Waals surface area contributed by atoms with Gasteiger partial charge in [0.15, 0.2) is 12.2 Å². The molecular weight excluding hydrogens is 400 g/mol. The van der Waals surface area contributed by atoms with E-state index in [1.807, 2.05) is 51.5 Å². The zero-order chi connectivity index (χ0) is 22.9. The zero-order valence-corrected chi connectivity index (χ0v) is 18.5. The van der Waals surface area contributed by atoms with Crippen LogP contribution in [-0.2, 0) is 14.3 Å². The molecule has 0 fully saturated rings. The van der Waals surface area contributed by atoms with Gasteiger partial charge in [0.2, 0.25) is 0 Å². The normalized spacial score (nSPS) is 12.1. The number of carbonyl (C=O) groups excluding carboxylic acids is 3. The molecule has 0 spiro atoms. The Morgan fingerprint density at radius 3 is 2.48 bits per heavy atom. The van der Waals surface area contributed by atoms with Gasteiger partial charge in [0, 0.05) is 6.54 Å². The summed E-state index contributed by atoms with van der Waals surface area (Å²) in [5, 5.41) is 13.4. The van der Waals surface area contributed by atoms with Gasteiger partial charge in [-0.15, -0.1) is 5.10 Å². The maximum atomic E-state index is 12.3. The molecule has 2 amide bonds. The number of unbranched alkanes of at least 4 members (excludes halogenated alkanes) is 1.